The second kappa shape index (κ2) is 5.61. The van der Waals surface area contributed by atoms with Gasteiger partial charge in [-0.25, -0.2) is 0 Å². The van der Waals surface area contributed by atoms with Gasteiger partial charge >= 0.3 is 0 Å². The highest BCUT2D eigenvalue weighted by molar-refractivity contribution is 5.43. The van der Waals surface area contributed by atoms with Crippen molar-refractivity contribution in [3.8, 4) is 11.5 Å². The van der Waals surface area contributed by atoms with Crippen molar-refractivity contribution in [3.63, 3.8) is 0 Å². The second-order valence-corrected chi connectivity index (χ2v) is 5.30. The Morgan fingerprint density at radius 1 is 1.17 bits per heavy atom. The molecule has 2 N–H and O–H groups in total. The van der Waals surface area contributed by atoms with Crippen molar-refractivity contribution < 1.29 is 9.47 Å². The standard InChI is InChI=1S/C15H23NO2/c1-15(8-4-3-5-9-15)18-13-7-6-12(11-16)10-14(13)17-2/h6-7,10H,3-5,8-9,11,16H2,1-2H3. The van der Waals surface area contributed by atoms with Gasteiger partial charge in [0.05, 0.1) is 7.11 Å². The van der Waals surface area contributed by atoms with Crippen LogP contribution < -0.4 is 15.2 Å². The minimum absolute atomic E-state index is 0.0459. The lowest BCUT2D eigenvalue weighted by Crippen LogP contribution is -2.34. The van der Waals surface area contributed by atoms with Gasteiger partial charge in [-0.2, -0.15) is 0 Å². The molecular weight excluding hydrogens is 226 g/mol. The molecule has 1 fully saturated rings. The lowest BCUT2D eigenvalue weighted by atomic mass is 9.86. The van der Waals surface area contributed by atoms with Gasteiger partial charge in [0.15, 0.2) is 11.5 Å². The van der Waals surface area contributed by atoms with E-state index in [0.29, 0.717) is 6.54 Å². The van der Waals surface area contributed by atoms with Crippen molar-refractivity contribution in [2.75, 3.05) is 7.11 Å². The van der Waals surface area contributed by atoms with E-state index in [2.05, 4.69) is 6.92 Å². The molecule has 0 heterocycles. The molecule has 100 valence electrons. The monoisotopic (exact) mass is 249 g/mol. The topological polar surface area (TPSA) is 44.5 Å². The van der Waals surface area contributed by atoms with E-state index in [1.54, 1.807) is 7.11 Å². The van der Waals surface area contributed by atoms with Crippen molar-refractivity contribution in [3.05, 3.63) is 23.8 Å². The molecule has 1 aliphatic carbocycles. The molecule has 0 aliphatic heterocycles. The zero-order valence-corrected chi connectivity index (χ0v) is 11.4. The van der Waals surface area contributed by atoms with Gasteiger partial charge < -0.3 is 15.2 Å². The van der Waals surface area contributed by atoms with Crippen molar-refractivity contribution in [1.29, 1.82) is 0 Å². The first-order valence-corrected chi connectivity index (χ1v) is 6.73. The number of methoxy groups -OCH3 is 1. The summed E-state index contributed by atoms with van der Waals surface area (Å²) in [7, 11) is 1.67. The summed E-state index contributed by atoms with van der Waals surface area (Å²) in [6, 6.07) is 5.94. The van der Waals surface area contributed by atoms with Gasteiger partial charge in [0.25, 0.3) is 0 Å². The Morgan fingerprint density at radius 3 is 2.50 bits per heavy atom. The van der Waals surface area contributed by atoms with E-state index >= 15 is 0 Å². The molecule has 0 atom stereocenters. The highest BCUT2D eigenvalue weighted by atomic mass is 16.5. The van der Waals surface area contributed by atoms with Gasteiger partial charge in [0.2, 0.25) is 0 Å². The van der Waals surface area contributed by atoms with E-state index in [1.165, 1.54) is 19.3 Å². The van der Waals surface area contributed by atoms with Crippen LogP contribution in [-0.2, 0) is 6.54 Å². The fourth-order valence-electron chi connectivity index (χ4n) is 2.59. The van der Waals surface area contributed by atoms with E-state index < -0.39 is 0 Å². The molecule has 3 nitrogen and oxygen atoms in total. The van der Waals surface area contributed by atoms with Crippen LogP contribution in [-0.4, -0.2) is 12.7 Å². The smallest absolute Gasteiger partial charge is 0.162 e. The first-order chi connectivity index (χ1) is 8.67. The fraction of sp³-hybridized carbons (Fsp3) is 0.600. The molecule has 2 rings (SSSR count). The van der Waals surface area contributed by atoms with Gasteiger partial charge in [-0.15, -0.1) is 0 Å². The van der Waals surface area contributed by atoms with Crippen LogP contribution in [0.25, 0.3) is 0 Å². The maximum atomic E-state index is 6.20. The Kier molecular flexibility index (Phi) is 4.12. The summed E-state index contributed by atoms with van der Waals surface area (Å²) in [5, 5.41) is 0. The molecule has 0 bridgehead atoms. The zero-order chi connectivity index (χ0) is 13.0. The van der Waals surface area contributed by atoms with E-state index in [-0.39, 0.29) is 5.60 Å². The fourth-order valence-corrected chi connectivity index (χ4v) is 2.59. The van der Waals surface area contributed by atoms with Gasteiger partial charge in [-0.05, 0) is 50.3 Å². The lowest BCUT2D eigenvalue weighted by molar-refractivity contribution is 0.0460. The Hall–Kier alpha value is -1.22. The maximum Gasteiger partial charge on any atom is 0.162 e. The molecule has 0 unspecified atom stereocenters. The van der Waals surface area contributed by atoms with E-state index in [4.69, 9.17) is 15.2 Å². The second-order valence-electron chi connectivity index (χ2n) is 5.30. The predicted octanol–water partition coefficient (Wildman–Crippen LogP) is 3.26. The Morgan fingerprint density at radius 2 is 1.89 bits per heavy atom. The largest absolute Gasteiger partial charge is 0.493 e. The maximum absolute atomic E-state index is 6.20. The number of hydrogen-bond acceptors (Lipinski definition) is 3. The summed E-state index contributed by atoms with van der Waals surface area (Å²) in [5.41, 5.74) is 6.65. The van der Waals surface area contributed by atoms with Gasteiger partial charge in [-0.3, -0.25) is 0 Å². The summed E-state index contributed by atoms with van der Waals surface area (Å²) < 4.78 is 11.6. The third kappa shape index (κ3) is 2.96. The number of hydrogen-bond donors (Lipinski definition) is 1. The number of ether oxygens (including phenoxy) is 2. The van der Waals surface area contributed by atoms with E-state index in [0.717, 1.165) is 29.9 Å². The van der Waals surface area contributed by atoms with Crippen molar-refractivity contribution in [2.24, 2.45) is 5.73 Å². The summed E-state index contributed by atoms with van der Waals surface area (Å²) >= 11 is 0. The normalized spacial score (nSPS) is 18.4. The van der Waals surface area contributed by atoms with Crippen molar-refractivity contribution in [2.45, 2.75) is 51.2 Å². The third-order valence-corrected chi connectivity index (χ3v) is 3.73. The average Bonchev–Trinajstić information content (AvgIpc) is 2.39. The molecule has 1 aliphatic rings. The SMILES string of the molecule is COc1cc(CN)ccc1OC1(C)CCCCC1. The quantitative estimate of drug-likeness (QED) is 0.890. The molecule has 1 aromatic rings. The summed E-state index contributed by atoms with van der Waals surface area (Å²) in [6.07, 6.45) is 6.06. The minimum Gasteiger partial charge on any atom is -0.493 e. The molecule has 0 amide bonds. The number of benzene rings is 1. The van der Waals surface area contributed by atoms with Crippen LogP contribution in [0.1, 0.15) is 44.6 Å². The van der Waals surface area contributed by atoms with Crippen LogP contribution in [0.15, 0.2) is 18.2 Å². The highest BCUT2D eigenvalue weighted by Crippen LogP contribution is 2.37. The molecule has 1 saturated carbocycles. The van der Waals surface area contributed by atoms with Crippen LogP contribution in [0.5, 0.6) is 11.5 Å². The first kappa shape index (κ1) is 13.2. The molecule has 3 heteroatoms. The minimum atomic E-state index is -0.0459. The Balaban J connectivity index is 2.17. The van der Waals surface area contributed by atoms with Crippen LogP contribution >= 0.6 is 0 Å². The summed E-state index contributed by atoms with van der Waals surface area (Å²) in [6.45, 7) is 2.72. The van der Waals surface area contributed by atoms with Crippen molar-refractivity contribution >= 4 is 0 Å². The number of nitrogens with two attached hydrogens (primary N) is 1. The highest BCUT2D eigenvalue weighted by Gasteiger charge is 2.29. The lowest BCUT2D eigenvalue weighted by Gasteiger charge is -2.34. The average molecular weight is 249 g/mol. The molecule has 0 spiro atoms. The molecule has 0 saturated heterocycles. The van der Waals surface area contributed by atoms with Gasteiger partial charge in [-0.1, -0.05) is 12.5 Å². The van der Waals surface area contributed by atoms with Gasteiger partial charge in [0, 0.05) is 6.54 Å². The van der Waals surface area contributed by atoms with E-state index in [9.17, 15) is 0 Å². The van der Waals surface area contributed by atoms with E-state index in [1.807, 2.05) is 18.2 Å². The molecule has 0 radical (unpaired) electrons. The molecular formula is C15H23NO2. The van der Waals surface area contributed by atoms with Crippen LogP contribution in [0.2, 0.25) is 0 Å². The Labute approximate surface area is 109 Å². The molecule has 0 aromatic heterocycles. The number of rotatable bonds is 4. The summed E-state index contributed by atoms with van der Waals surface area (Å²) in [4.78, 5) is 0. The van der Waals surface area contributed by atoms with Crippen molar-refractivity contribution in [1.82, 2.24) is 0 Å². The predicted molar refractivity (Wildman–Crippen MR) is 73.0 cm³/mol. The molecule has 1 aromatic carbocycles. The molecule has 18 heavy (non-hydrogen) atoms. The van der Waals surface area contributed by atoms with Crippen LogP contribution in [0.4, 0.5) is 0 Å². The van der Waals surface area contributed by atoms with Gasteiger partial charge in [0.1, 0.15) is 5.60 Å². The van der Waals surface area contributed by atoms with Crippen LogP contribution in [0, 0.1) is 0 Å². The van der Waals surface area contributed by atoms with Crippen LogP contribution in [0.3, 0.4) is 0 Å². The third-order valence-electron chi connectivity index (χ3n) is 3.73. The first-order valence-electron chi connectivity index (χ1n) is 6.73. The summed E-state index contributed by atoms with van der Waals surface area (Å²) in [5.74, 6) is 1.61. The Bertz CT molecular complexity index is 397. The zero-order valence-electron chi connectivity index (χ0n) is 11.4.